The third-order valence-electron chi connectivity index (χ3n) is 6.08. The minimum absolute atomic E-state index is 0.0708. The van der Waals surface area contributed by atoms with E-state index in [1.165, 1.54) is 12.1 Å². The van der Waals surface area contributed by atoms with Crippen molar-refractivity contribution in [2.24, 2.45) is 5.92 Å². The van der Waals surface area contributed by atoms with Crippen LogP contribution < -0.4 is 4.74 Å². The molecule has 0 unspecified atom stereocenters. The van der Waals surface area contributed by atoms with Gasteiger partial charge in [-0.3, -0.25) is 4.79 Å². The summed E-state index contributed by atoms with van der Waals surface area (Å²) in [5, 5.41) is 5.36. The van der Waals surface area contributed by atoms with Crippen LogP contribution in [0.1, 0.15) is 34.5 Å². The van der Waals surface area contributed by atoms with Crippen molar-refractivity contribution in [2.75, 3.05) is 6.54 Å². The van der Waals surface area contributed by atoms with Gasteiger partial charge in [0.25, 0.3) is 5.91 Å². The molecule has 35 heavy (non-hydrogen) atoms. The SMILES string of the molecule is Cc1nn(-c2ccc(Cl)cc2)c(Oc2ccccc2)c1CN(CC1CC1)C(=O)c1ccccc1F. The lowest BCUT2D eigenvalue weighted by molar-refractivity contribution is 0.0729. The molecular weight excluding hydrogens is 465 g/mol. The molecule has 1 aliphatic carbocycles. The Hall–Kier alpha value is -3.64. The van der Waals surface area contributed by atoms with E-state index < -0.39 is 5.82 Å². The zero-order valence-electron chi connectivity index (χ0n) is 19.3. The van der Waals surface area contributed by atoms with Crippen LogP contribution in [0.5, 0.6) is 11.6 Å². The van der Waals surface area contributed by atoms with Gasteiger partial charge in [0.05, 0.1) is 29.1 Å². The van der Waals surface area contributed by atoms with E-state index in [4.69, 9.17) is 21.4 Å². The molecule has 0 bridgehead atoms. The Kier molecular flexibility index (Phi) is 6.55. The van der Waals surface area contributed by atoms with Gasteiger partial charge in [-0.1, -0.05) is 41.9 Å². The molecule has 1 heterocycles. The third-order valence-corrected chi connectivity index (χ3v) is 6.33. The van der Waals surface area contributed by atoms with Crippen molar-refractivity contribution < 1.29 is 13.9 Å². The zero-order valence-corrected chi connectivity index (χ0v) is 20.1. The lowest BCUT2D eigenvalue weighted by Crippen LogP contribution is -2.33. The number of carbonyl (C=O) groups is 1. The fourth-order valence-electron chi connectivity index (χ4n) is 4.01. The summed E-state index contributed by atoms with van der Waals surface area (Å²) in [6, 6.07) is 22.9. The van der Waals surface area contributed by atoms with Crippen LogP contribution in [0.4, 0.5) is 4.39 Å². The molecule has 0 aliphatic heterocycles. The van der Waals surface area contributed by atoms with Gasteiger partial charge in [-0.2, -0.15) is 5.10 Å². The number of aryl methyl sites for hydroxylation is 1. The van der Waals surface area contributed by atoms with E-state index in [1.807, 2.05) is 49.4 Å². The number of halogens is 2. The molecule has 1 saturated carbocycles. The molecule has 178 valence electrons. The predicted molar refractivity (Wildman–Crippen MR) is 134 cm³/mol. The molecule has 7 heteroatoms. The highest BCUT2D eigenvalue weighted by Gasteiger charge is 2.31. The van der Waals surface area contributed by atoms with Gasteiger partial charge in [-0.25, -0.2) is 9.07 Å². The van der Waals surface area contributed by atoms with E-state index in [-0.39, 0.29) is 18.0 Å². The minimum atomic E-state index is -0.521. The van der Waals surface area contributed by atoms with Crippen LogP contribution in [-0.4, -0.2) is 27.1 Å². The molecule has 1 aromatic heterocycles. The van der Waals surface area contributed by atoms with E-state index in [0.717, 1.165) is 29.8 Å². The van der Waals surface area contributed by atoms with Crippen LogP contribution in [0, 0.1) is 18.7 Å². The Labute approximate surface area is 208 Å². The second-order valence-electron chi connectivity index (χ2n) is 8.78. The first-order valence-corrected chi connectivity index (χ1v) is 12.0. The molecule has 0 radical (unpaired) electrons. The number of hydrogen-bond acceptors (Lipinski definition) is 3. The highest BCUT2D eigenvalue weighted by atomic mass is 35.5. The van der Waals surface area contributed by atoms with Gasteiger partial charge < -0.3 is 9.64 Å². The molecule has 4 aromatic rings. The minimum Gasteiger partial charge on any atom is -0.439 e. The molecule has 0 N–H and O–H groups in total. The van der Waals surface area contributed by atoms with Crippen molar-refractivity contribution in [3.05, 3.63) is 107 Å². The smallest absolute Gasteiger partial charge is 0.257 e. The monoisotopic (exact) mass is 489 g/mol. The van der Waals surface area contributed by atoms with Crippen molar-refractivity contribution in [2.45, 2.75) is 26.3 Å². The van der Waals surface area contributed by atoms with Crippen LogP contribution in [0.3, 0.4) is 0 Å². The van der Waals surface area contributed by atoms with Gasteiger partial charge in [0.2, 0.25) is 5.88 Å². The molecule has 5 rings (SSSR count). The molecular formula is C28H25ClFN3O2. The van der Waals surface area contributed by atoms with Gasteiger partial charge in [0, 0.05) is 11.6 Å². The van der Waals surface area contributed by atoms with Crippen LogP contribution in [0.25, 0.3) is 5.69 Å². The standard InChI is InChI=1S/C28H25ClFN3O2/c1-19-25(18-32(17-20-11-12-20)27(34)24-9-5-6-10-26(24)30)28(35-23-7-3-2-4-8-23)33(31-19)22-15-13-21(29)14-16-22/h2-10,13-16,20H,11-12,17-18H2,1H3. The fourth-order valence-corrected chi connectivity index (χ4v) is 4.14. The average molecular weight is 490 g/mol. The highest BCUT2D eigenvalue weighted by molar-refractivity contribution is 6.30. The van der Waals surface area contributed by atoms with Crippen molar-refractivity contribution in [1.29, 1.82) is 0 Å². The van der Waals surface area contributed by atoms with Crippen LogP contribution in [0.15, 0.2) is 78.9 Å². The van der Waals surface area contributed by atoms with E-state index in [1.54, 1.807) is 33.8 Å². The van der Waals surface area contributed by atoms with Crippen molar-refractivity contribution in [1.82, 2.24) is 14.7 Å². The quantitative estimate of drug-likeness (QED) is 0.273. The van der Waals surface area contributed by atoms with Gasteiger partial charge in [0.1, 0.15) is 11.6 Å². The fraction of sp³-hybridized carbons (Fsp3) is 0.214. The summed E-state index contributed by atoms with van der Waals surface area (Å²) in [4.78, 5) is 15.1. The lowest BCUT2D eigenvalue weighted by Gasteiger charge is -2.23. The number of amides is 1. The molecule has 1 amide bonds. The molecule has 3 aromatic carbocycles. The summed E-state index contributed by atoms with van der Waals surface area (Å²) in [5.74, 6) is 0.735. The number of ether oxygens (including phenoxy) is 1. The first kappa shape index (κ1) is 23.1. The number of benzene rings is 3. The summed E-state index contributed by atoms with van der Waals surface area (Å²) >= 11 is 6.10. The number of carbonyl (C=O) groups excluding carboxylic acids is 1. The topological polar surface area (TPSA) is 47.4 Å². The summed E-state index contributed by atoms with van der Waals surface area (Å²) in [5.41, 5.74) is 2.35. The van der Waals surface area contributed by atoms with Crippen LogP contribution in [-0.2, 0) is 6.54 Å². The molecule has 1 aliphatic rings. The normalized spacial score (nSPS) is 13.0. The molecule has 0 saturated heterocycles. The molecule has 0 spiro atoms. The van der Waals surface area contributed by atoms with Crippen molar-refractivity contribution in [3.8, 4) is 17.3 Å². The Morgan fingerprint density at radius 1 is 1.06 bits per heavy atom. The molecule has 0 atom stereocenters. The largest absolute Gasteiger partial charge is 0.439 e. The van der Waals surface area contributed by atoms with Gasteiger partial charge in [-0.05, 0) is 74.2 Å². The second kappa shape index (κ2) is 9.92. The molecule has 5 nitrogen and oxygen atoms in total. The Morgan fingerprint density at radius 2 is 1.74 bits per heavy atom. The number of para-hydroxylation sites is 1. The van der Waals surface area contributed by atoms with Crippen molar-refractivity contribution >= 4 is 17.5 Å². The van der Waals surface area contributed by atoms with Crippen LogP contribution in [0.2, 0.25) is 5.02 Å². The maximum Gasteiger partial charge on any atom is 0.257 e. The number of aromatic nitrogens is 2. The number of rotatable bonds is 8. The Bertz CT molecular complexity index is 1330. The van der Waals surface area contributed by atoms with E-state index in [9.17, 15) is 9.18 Å². The first-order valence-electron chi connectivity index (χ1n) is 11.6. The highest BCUT2D eigenvalue weighted by Crippen LogP contribution is 2.35. The molecule has 1 fully saturated rings. The van der Waals surface area contributed by atoms with Crippen LogP contribution >= 0.6 is 11.6 Å². The summed E-state index contributed by atoms with van der Waals surface area (Å²) < 4.78 is 22.5. The summed E-state index contributed by atoms with van der Waals surface area (Å²) in [6.07, 6.45) is 2.13. The Morgan fingerprint density at radius 3 is 2.43 bits per heavy atom. The van der Waals surface area contributed by atoms with E-state index in [2.05, 4.69) is 0 Å². The maximum atomic E-state index is 14.5. The summed E-state index contributed by atoms with van der Waals surface area (Å²) in [7, 11) is 0. The maximum absolute atomic E-state index is 14.5. The van der Waals surface area contributed by atoms with Crippen molar-refractivity contribution in [3.63, 3.8) is 0 Å². The third kappa shape index (κ3) is 5.23. The number of hydrogen-bond donors (Lipinski definition) is 0. The van der Waals surface area contributed by atoms with E-state index in [0.29, 0.717) is 29.1 Å². The van der Waals surface area contributed by atoms with E-state index >= 15 is 0 Å². The summed E-state index contributed by atoms with van der Waals surface area (Å²) in [6.45, 7) is 2.71. The van der Waals surface area contributed by atoms with Gasteiger partial charge >= 0.3 is 0 Å². The predicted octanol–water partition coefficient (Wildman–Crippen LogP) is 6.82. The Balaban J connectivity index is 1.55. The average Bonchev–Trinajstić information content (AvgIpc) is 3.64. The first-order chi connectivity index (χ1) is 17.0. The van der Waals surface area contributed by atoms with Gasteiger partial charge in [-0.15, -0.1) is 0 Å². The number of nitrogens with zero attached hydrogens (tertiary/aromatic N) is 3. The second-order valence-corrected chi connectivity index (χ2v) is 9.22. The lowest BCUT2D eigenvalue weighted by atomic mass is 10.1. The van der Waals surface area contributed by atoms with Gasteiger partial charge in [0.15, 0.2) is 0 Å². The zero-order chi connectivity index (χ0) is 24.4.